The first kappa shape index (κ1) is 13.9. The lowest BCUT2D eigenvalue weighted by Crippen LogP contribution is -2.27. The molecule has 0 aliphatic rings. The maximum Gasteiger partial charge on any atom is 0.321 e. The van der Waals surface area contributed by atoms with Gasteiger partial charge >= 0.3 is 6.03 Å². The Labute approximate surface area is 110 Å². The van der Waals surface area contributed by atoms with Crippen LogP contribution in [0, 0.1) is 0 Å². The third-order valence-electron chi connectivity index (χ3n) is 1.92. The predicted molar refractivity (Wildman–Crippen MR) is 70.4 cm³/mol. The third-order valence-corrected chi connectivity index (χ3v) is 2.37. The zero-order valence-corrected chi connectivity index (χ0v) is 11.2. The molecule has 1 N–H and O–H groups in total. The van der Waals surface area contributed by atoms with Crippen LogP contribution in [0.2, 0.25) is 5.02 Å². The average molecular weight is 277 g/mol. The Morgan fingerprint density at radius 2 is 2.18 bits per heavy atom. The van der Waals surface area contributed by atoms with Crippen molar-refractivity contribution in [3.8, 4) is 5.75 Å². The highest BCUT2D eigenvalue weighted by molar-refractivity contribution is 6.32. The van der Waals surface area contributed by atoms with Crippen molar-refractivity contribution >= 4 is 34.9 Å². The minimum absolute atomic E-state index is 0.213. The summed E-state index contributed by atoms with van der Waals surface area (Å²) >= 11 is 11.5. The lowest BCUT2D eigenvalue weighted by atomic mass is 10.3. The number of halogens is 2. The minimum Gasteiger partial charge on any atom is -0.491 e. The van der Waals surface area contributed by atoms with Crippen LogP contribution in [0.1, 0.15) is 0 Å². The van der Waals surface area contributed by atoms with Gasteiger partial charge in [0.2, 0.25) is 0 Å². The van der Waals surface area contributed by atoms with Gasteiger partial charge in [0, 0.05) is 19.8 Å². The molecule has 0 saturated carbocycles. The summed E-state index contributed by atoms with van der Waals surface area (Å²) in [4.78, 5) is 12.8. The molecule has 17 heavy (non-hydrogen) atoms. The number of amides is 2. The summed E-state index contributed by atoms with van der Waals surface area (Å²) in [5.74, 6) is 0.949. The molecule has 0 aromatic heterocycles. The molecule has 0 unspecified atom stereocenters. The van der Waals surface area contributed by atoms with E-state index in [1.54, 1.807) is 32.3 Å². The number of hydrogen-bond donors (Lipinski definition) is 1. The zero-order valence-electron chi connectivity index (χ0n) is 9.67. The first-order valence-electron chi connectivity index (χ1n) is 5.01. The Bertz CT molecular complexity index is 397. The number of urea groups is 1. The molecule has 1 rings (SSSR count). The van der Waals surface area contributed by atoms with E-state index < -0.39 is 0 Å². The number of hydrogen-bond acceptors (Lipinski definition) is 2. The van der Waals surface area contributed by atoms with E-state index in [-0.39, 0.29) is 6.03 Å². The second-order valence-corrected chi connectivity index (χ2v) is 4.29. The molecule has 6 heteroatoms. The second-order valence-electron chi connectivity index (χ2n) is 3.51. The SMILES string of the molecule is CN(C)C(=O)Nc1ccc(OCCCl)c(Cl)c1. The summed E-state index contributed by atoms with van der Waals surface area (Å²) in [5, 5.41) is 3.12. The number of ether oxygens (including phenoxy) is 1. The largest absolute Gasteiger partial charge is 0.491 e. The number of carbonyl (C=O) groups is 1. The fraction of sp³-hybridized carbons (Fsp3) is 0.364. The van der Waals surface area contributed by atoms with E-state index in [4.69, 9.17) is 27.9 Å². The van der Waals surface area contributed by atoms with Crippen LogP contribution in [0.15, 0.2) is 18.2 Å². The normalized spacial score (nSPS) is 9.88. The van der Waals surface area contributed by atoms with Gasteiger partial charge in [0.1, 0.15) is 12.4 Å². The van der Waals surface area contributed by atoms with Crippen molar-refractivity contribution in [1.29, 1.82) is 0 Å². The van der Waals surface area contributed by atoms with Crippen molar-refractivity contribution in [2.45, 2.75) is 0 Å². The number of carbonyl (C=O) groups excluding carboxylic acids is 1. The Morgan fingerprint density at radius 1 is 1.47 bits per heavy atom. The molecular weight excluding hydrogens is 263 g/mol. The van der Waals surface area contributed by atoms with Gasteiger partial charge in [0.15, 0.2) is 0 Å². The molecule has 4 nitrogen and oxygen atoms in total. The van der Waals surface area contributed by atoms with Gasteiger partial charge in [-0.15, -0.1) is 11.6 Å². The van der Waals surface area contributed by atoms with Crippen molar-refractivity contribution in [1.82, 2.24) is 4.90 Å². The maximum atomic E-state index is 11.4. The van der Waals surface area contributed by atoms with Crippen LogP contribution in [-0.2, 0) is 0 Å². The van der Waals surface area contributed by atoms with Gasteiger partial charge in [-0.2, -0.15) is 0 Å². The fourth-order valence-corrected chi connectivity index (χ4v) is 1.39. The standard InChI is InChI=1S/C11H14Cl2N2O2/c1-15(2)11(16)14-8-3-4-10(9(13)7-8)17-6-5-12/h3-4,7H,5-6H2,1-2H3,(H,14,16). The lowest BCUT2D eigenvalue weighted by Gasteiger charge is -2.13. The fourth-order valence-electron chi connectivity index (χ4n) is 1.08. The number of anilines is 1. The zero-order chi connectivity index (χ0) is 12.8. The summed E-state index contributed by atoms with van der Waals surface area (Å²) in [6.45, 7) is 0.394. The van der Waals surface area contributed by atoms with Crippen LogP contribution in [0.3, 0.4) is 0 Å². The molecule has 0 heterocycles. The first-order valence-corrected chi connectivity index (χ1v) is 5.92. The quantitative estimate of drug-likeness (QED) is 0.859. The van der Waals surface area contributed by atoms with Crippen LogP contribution in [-0.4, -0.2) is 37.5 Å². The van der Waals surface area contributed by atoms with Crippen LogP contribution < -0.4 is 10.1 Å². The number of rotatable bonds is 4. The highest BCUT2D eigenvalue weighted by atomic mass is 35.5. The van der Waals surface area contributed by atoms with Crippen molar-refractivity contribution in [3.63, 3.8) is 0 Å². The van der Waals surface area contributed by atoms with E-state index in [2.05, 4.69) is 5.32 Å². The molecular formula is C11H14Cl2N2O2. The molecule has 1 aromatic carbocycles. The van der Waals surface area contributed by atoms with Gasteiger partial charge in [-0.3, -0.25) is 0 Å². The van der Waals surface area contributed by atoms with E-state index in [0.717, 1.165) is 0 Å². The van der Waals surface area contributed by atoms with Gasteiger partial charge in [-0.05, 0) is 18.2 Å². The van der Waals surface area contributed by atoms with E-state index >= 15 is 0 Å². The Balaban J connectivity index is 2.71. The molecule has 0 spiro atoms. The van der Waals surface area contributed by atoms with Crippen LogP contribution in [0.5, 0.6) is 5.75 Å². The highest BCUT2D eigenvalue weighted by Crippen LogP contribution is 2.27. The molecule has 0 bridgehead atoms. The number of nitrogens with one attached hydrogen (secondary N) is 1. The molecule has 2 amide bonds. The molecule has 0 aliphatic carbocycles. The molecule has 94 valence electrons. The third kappa shape index (κ3) is 4.32. The van der Waals surface area contributed by atoms with E-state index in [0.29, 0.717) is 28.9 Å². The Kier molecular flexibility index (Phi) is 5.38. The Hall–Kier alpha value is -1.13. The molecule has 0 fully saturated rings. The molecule has 1 aromatic rings. The number of nitrogens with zero attached hydrogens (tertiary/aromatic N) is 1. The van der Waals surface area contributed by atoms with Crippen molar-refractivity contribution in [2.75, 3.05) is 31.9 Å². The maximum absolute atomic E-state index is 11.4. The highest BCUT2D eigenvalue weighted by Gasteiger charge is 2.07. The van der Waals surface area contributed by atoms with Crippen molar-refractivity contribution in [3.05, 3.63) is 23.2 Å². The first-order chi connectivity index (χ1) is 8.04. The summed E-state index contributed by atoms with van der Waals surface area (Å²) in [5.41, 5.74) is 0.618. The topological polar surface area (TPSA) is 41.6 Å². The predicted octanol–water partition coefficient (Wildman–Crippen LogP) is 3.05. The van der Waals surface area contributed by atoms with Gasteiger partial charge in [-0.1, -0.05) is 11.6 Å². The molecule has 0 saturated heterocycles. The van der Waals surface area contributed by atoms with Gasteiger partial charge in [-0.25, -0.2) is 4.79 Å². The van der Waals surface area contributed by atoms with E-state index in [9.17, 15) is 4.79 Å². The molecule has 0 aliphatic heterocycles. The van der Waals surface area contributed by atoms with Gasteiger partial charge < -0.3 is 15.0 Å². The monoisotopic (exact) mass is 276 g/mol. The second kappa shape index (κ2) is 6.57. The van der Waals surface area contributed by atoms with Crippen molar-refractivity contribution < 1.29 is 9.53 Å². The van der Waals surface area contributed by atoms with E-state index in [1.807, 2.05) is 0 Å². The Morgan fingerprint density at radius 3 is 2.71 bits per heavy atom. The number of alkyl halides is 1. The van der Waals surface area contributed by atoms with Gasteiger partial charge in [0.05, 0.1) is 10.9 Å². The summed E-state index contributed by atoms with van der Waals surface area (Å²) in [6, 6.07) is 4.83. The van der Waals surface area contributed by atoms with Crippen LogP contribution in [0.25, 0.3) is 0 Å². The van der Waals surface area contributed by atoms with Crippen molar-refractivity contribution in [2.24, 2.45) is 0 Å². The summed E-state index contributed by atoms with van der Waals surface area (Å²) in [6.07, 6.45) is 0. The van der Waals surface area contributed by atoms with Crippen LogP contribution >= 0.6 is 23.2 Å². The average Bonchev–Trinajstić information content (AvgIpc) is 2.28. The minimum atomic E-state index is -0.213. The lowest BCUT2D eigenvalue weighted by molar-refractivity contribution is 0.230. The van der Waals surface area contributed by atoms with E-state index in [1.165, 1.54) is 4.90 Å². The molecule has 0 radical (unpaired) electrons. The van der Waals surface area contributed by atoms with Gasteiger partial charge in [0.25, 0.3) is 0 Å². The summed E-state index contributed by atoms with van der Waals surface area (Å²) in [7, 11) is 3.32. The smallest absolute Gasteiger partial charge is 0.321 e. The van der Waals surface area contributed by atoms with Crippen LogP contribution in [0.4, 0.5) is 10.5 Å². The molecule has 0 atom stereocenters. The summed E-state index contributed by atoms with van der Waals surface area (Å²) < 4.78 is 5.31. The number of benzene rings is 1.